The first-order chi connectivity index (χ1) is 4.20. The molecule has 0 aromatic heterocycles. The minimum absolute atomic E-state index is 0.126. The van der Waals surface area contributed by atoms with Crippen molar-refractivity contribution in [2.75, 3.05) is 0 Å². The second kappa shape index (κ2) is 2.36. The minimum atomic E-state index is -0.475. The summed E-state index contributed by atoms with van der Waals surface area (Å²) in [5.41, 5.74) is 0.761. The van der Waals surface area contributed by atoms with Gasteiger partial charge in [0.1, 0.15) is 5.82 Å². The topological polar surface area (TPSA) is 0 Å². The standard InChI is InChI=1S/C7H5ClF/c1-5-2-3-6(8)7(9)4-5/h2-3H,1H3. The highest BCUT2D eigenvalue weighted by Crippen LogP contribution is 2.13. The molecule has 1 aromatic rings. The molecule has 0 aliphatic carbocycles. The van der Waals surface area contributed by atoms with Gasteiger partial charge in [-0.2, -0.15) is 0 Å². The van der Waals surface area contributed by atoms with E-state index < -0.39 is 5.82 Å². The summed E-state index contributed by atoms with van der Waals surface area (Å²) in [5.74, 6) is -0.475. The molecular formula is C7H5ClF. The van der Waals surface area contributed by atoms with Gasteiger partial charge in [0.2, 0.25) is 0 Å². The fraction of sp³-hybridized carbons (Fsp3) is 0.143. The van der Waals surface area contributed by atoms with E-state index in [-0.39, 0.29) is 5.02 Å². The van der Waals surface area contributed by atoms with E-state index in [0.29, 0.717) is 0 Å². The predicted molar refractivity (Wildman–Crippen MR) is 35.0 cm³/mol. The zero-order valence-corrected chi connectivity index (χ0v) is 5.67. The summed E-state index contributed by atoms with van der Waals surface area (Å²) in [5, 5.41) is 0.126. The van der Waals surface area contributed by atoms with E-state index in [1.54, 1.807) is 13.0 Å². The van der Waals surface area contributed by atoms with Crippen LogP contribution in [0.5, 0.6) is 0 Å². The highest BCUT2D eigenvalue weighted by Gasteiger charge is 1.96. The molecule has 0 atom stereocenters. The summed E-state index contributed by atoms with van der Waals surface area (Å²) in [7, 11) is 0. The van der Waals surface area contributed by atoms with Crippen LogP contribution >= 0.6 is 11.6 Å². The maximum atomic E-state index is 12.4. The molecule has 0 heterocycles. The molecule has 1 rings (SSSR count). The number of hydrogen-bond donors (Lipinski definition) is 0. The largest absolute Gasteiger partial charge is 0.205 e. The molecule has 0 spiro atoms. The Bertz CT molecular complexity index is 220. The van der Waals surface area contributed by atoms with Gasteiger partial charge in [0, 0.05) is 6.07 Å². The third kappa shape index (κ3) is 1.42. The lowest BCUT2D eigenvalue weighted by molar-refractivity contribution is 0.625. The monoisotopic (exact) mass is 143 g/mol. The number of hydrogen-bond acceptors (Lipinski definition) is 0. The van der Waals surface area contributed by atoms with Gasteiger partial charge in [-0.1, -0.05) is 17.7 Å². The lowest BCUT2D eigenvalue weighted by atomic mass is 10.2. The molecule has 1 aromatic carbocycles. The Hall–Kier alpha value is -0.560. The average Bonchev–Trinajstić information content (AvgIpc) is 1.80. The maximum absolute atomic E-state index is 12.4. The molecule has 0 saturated carbocycles. The number of rotatable bonds is 0. The summed E-state index contributed by atoms with van der Waals surface area (Å²) in [6.07, 6.45) is 0. The van der Waals surface area contributed by atoms with E-state index in [1.807, 2.05) is 0 Å². The van der Waals surface area contributed by atoms with E-state index >= 15 is 0 Å². The fourth-order valence-corrected chi connectivity index (χ4v) is 0.656. The van der Waals surface area contributed by atoms with Crippen LogP contribution in [0.15, 0.2) is 12.1 Å². The maximum Gasteiger partial charge on any atom is 0.149 e. The van der Waals surface area contributed by atoms with Crippen LogP contribution in [0, 0.1) is 18.8 Å². The van der Waals surface area contributed by atoms with Gasteiger partial charge in [-0.3, -0.25) is 0 Å². The lowest BCUT2D eigenvalue weighted by Gasteiger charge is -1.92. The predicted octanol–water partition coefficient (Wildman–Crippen LogP) is 2.59. The van der Waals surface area contributed by atoms with Gasteiger partial charge in [-0.25, -0.2) is 4.39 Å². The van der Waals surface area contributed by atoms with Crippen molar-refractivity contribution < 1.29 is 4.39 Å². The Balaban J connectivity index is 3.17. The van der Waals surface area contributed by atoms with Gasteiger partial charge in [-0.15, -0.1) is 0 Å². The van der Waals surface area contributed by atoms with Gasteiger partial charge in [-0.05, 0) is 18.6 Å². The van der Waals surface area contributed by atoms with Crippen molar-refractivity contribution in [3.05, 3.63) is 34.6 Å². The molecule has 0 fully saturated rings. The van der Waals surface area contributed by atoms with Crippen LogP contribution in [-0.4, -0.2) is 0 Å². The molecule has 2 heteroatoms. The molecular weight excluding hydrogens is 139 g/mol. The fourth-order valence-electron chi connectivity index (χ4n) is 0.546. The molecule has 0 saturated heterocycles. The normalized spacial score (nSPS) is 9.67. The molecule has 9 heavy (non-hydrogen) atoms. The smallest absolute Gasteiger partial charge is 0.149 e. The summed E-state index contributed by atoms with van der Waals surface area (Å²) in [6, 6.07) is 5.67. The molecule has 0 aliphatic heterocycles. The van der Waals surface area contributed by atoms with E-state index in [2.05, 4.69) is 6.07 Å². The molecule has 0 unspecified atom stereocenters. The summed E-state index contributed by atoms with van der Waals surface area (Å²) < 4.78 is 12.4. The summed E-state index contributed by atoms with van der Waals surface area (Å²) >= 11 is 5.37. The van der Waals surface area contributed by atoms with Crippen LogP contribution in [0.25, 0.3) is 0 Å². The number of aryl methyl sites for hydroxylation is 1. The van der Waals surface area contributed by atoms with E-state index in [0.717, 1.165) is 5.56 Å². The molecule has 0 bridgehead atoms. The van der Waals surface area contributed by atoms with Gasteiger partial charge in [0.05, 0.1) is 5.02 Å². The highest BCUT2D eigenvalue weighted by atomic mass is 35.5. The minimum Gasteiger partial charge on any atom is -0.205 e. The van der Waals surface area contributed by atoms with Crippen molar-refractivity contribution in [2.45, 2.75) is 6.92 Å². The molecule has 1 radical (unpaired) electrons. The first kappa shape index (κ1) is 6.56. The van der Waals surface area contributed by atoms with Crippen molar-refractivity contribution in [2.24, 2.45) is 0 Å². The van der Waals surface area contributed by atoms with Crippen molar-refractivity contribution in [3.8, 4) is 0 Å². The number of halogens is 2. The van der Waals surface area contributed by atoms with Crippen LogP contribution in [0.1, 0.15) is 5.56 Å². The third-order valence-electron chi connectivity index (χ3n) is 0.996. The van der Waals surface area contributed by atoms with Crippen molar-refractivity contribution in [3.63, 3.8) is 0 Å². The molecule has 0 amide bonds. The van der Waals surface area contributed by atoms with E-state index in [9.17, 15) is 4.39 Å². The highest BCUT2D eigenvalue weighted by molar-refractivity contribution is 6.30. The van der Waals surface area contributed by atoms with Gasteiger partial charge in [0.25, 0.3) is 0 Å². The van der Waals surface area contributed by atoms with Gasteiger partial charge >= 0.3 is 0 Å². The molecule has 0 aliphatic rings. The second-order valence-electron chi connectivity index (χ2n) is 1.80. The Morgan fingerprint density at radius 1 is 1.56 bits per heavy atom. The van der Waals surface area contributed by atoms with Crippen LogP contribution in [0.4, 0.5) is 4.39 Å². The van der Waals surface area contributed by atoms with Gasteiger partial charge < -0.3 is 0 Å². The number of benzene rings is 1. The van der Waals surface area contributed by atoms with Crippen LogP contribution in [-0.2, 0) is 0 Å². The van der Waals surface area contributed by atoms with Crippen molar-refractivity contribution in [1.29, 1.82) is 0 Å². The van der Waals surface area contributed by atoms with E-state index in [4.69, 9.17) is 11.6 Å². The van der Waals surface area contributed by atoms with Gasteiger partial charge in [0.15, 0.2) is 0 Å². The zero-order valence-electron chi connectivity index (χ0n) is 4.91. The Kier molecular flexibility index (Phi) is 1.72. The zero-order chi connectivity index (χ0) is 6.85. The van der Waals surface area contributed by atoms with Crippen LogP contribution in [0.2, 0.25) is 5.02 Å². The van der Waals surface area contributed by atoms with E-state index in [1.165, 1.54) is 6.07 Å². The Morgan fingerprint density at radius 3 is 2.67 bits per heavy atom. The molecule has 0 N–H and O–H groups in total. The first-order valence-electron chi connectivity index (χ1n) is 2.54. The van der Waals surface area contributed by atoms with Crippen LogP contribution in [0.3, 0.4) is 0 Å². The molecule has 47 valence electrons. The summed E-state index contributed by atoms with van der Waals surface area (Å²) in [4.78, 5) is 0. The SMILES string of the molecule is Cc1[c]c(F)c(Cl)cc1. The quantitative estimate of drug-likeness (QED) is 0.524. The summed E-state index contributed by atoms with van der Waals surface area (Å²) in [6.45, 7) is 1.76. The Labute approximate surface area is 58.3 Å². The Morgan fingerprint density at radius 2 is 2.22 bits per heavy atom. The molecule has 0 nitrogen and oxygen atoms in total. The second-order valence-corrected chi connectivity index (χ2v) is 2.21. The van der Waals surface area contributed by atoms with Crippen molar-refractivity contribution >= 4 is 11.6 Å². The third-order valence-corrected chi connectivity index (χ3v) is 1.29. The lowest BCUT2D eigenvalue weighted by Crippen LogP contribution is -1.77. The first-order valence-corrected chi connectivity index (χ1v) is 2.92. The van der Waals surface area contributed by atoms with Crippen LogP contribution < -0.4 is 0 Å². The van der Waals surface area contributed by atoms with Crippen molar-refractivity contribution in [1.82, 2.24) is 0 Å². The average molecular weight is 144 g/mol.